The number of carbonyl (C=O) groups excluding carboxylic acids is 1. The monoisotopic (exact) mass is 314 g/mol. The van der Waals surface area contributed by atoms with E-state index in [4.69, 9.17) is 0 Å². The molecular weight excluding hydrogens is 299 g/mol. The summed E-state index contributed by atoms with van der Waals surface area (Å²) in [4.78, 5) is 11.7. The fourth-order valence-electron chi connectivity index (χ4n) is 2.14. The average Bonchev–Trinajstić information content (AvgIpc) is 2.83. The first-order valence-electron chi connectivity index (χ1n) is 6.13. The third kappa shape index (κ3) is 3.70. The lowest BCUT2D eigenvalue weighted by Crippen LogP contribution is -2.36. The van der Waals surface area contributed by atoms with Crippen LogP contribution in [-0.2, 0) is 4.79 Å². The Bertz CT molecular complexity index is 433. The summed E-state index contributed by atoms with van der Waals surface area (Å²) in [7, 11) is 0. The van der Waals surface area contributed by atoms with Gasteiger partial charge in [-0.2, -0.15) is 0 Å². The predicted octanol–water partition coefficient (Wildman–Crippen LogP) is 3.06. The van der Waals surface area contributed by atoms with Gasteiger partial charge in [-0.15, -0.1) is 0 Å². The standard InChI is InChI=1S/C13H16BrFN2O/c14-11-7-10(5-6-12(11)15)16-8-13(18)17-9-3-1-2-4-9/h5-7,9,16H,1-4,8H2,(H,17,18). The fourth-order valence-corrected chi connectivity index (χ4v) is 2.52. The zero-order valence-corrected chi connectivity index (χ0v) is 11.6. The summed E-state index contributed by atoms with van der Waals surface area (Å²) >= 11 is 3.11. The molecule has 0 aromatic heterocycles. The Labute approximate surface area is 114 Å². The molecule has 0 atom stereocenters. The number of anilines is 1. The third-order valence-corrected chi connectivity index (χ3v) is 3.70. The zero-order chi connectivity index (χ0) is 13.0. The summed E-state index contributed by atoms with van der Waals surface area (Å²) in [5.74, 6) is -0.321. The van der Waals surface area contributed by atoms with Crippen molar-refractivity contribution in [3.63, 3.8) is 0 Å². The highest BCUT2D eigenvalue weighted by molar-refractivity contribution is 9.10. The first-order valence-corrected chi connectivity index (χ1v) is 6.93. The highest BCUT2D eigenvalue weighted by Gasteiger charge is 2.16. The van der Waals surface area contributed by atoms with E-state index in [1.54, 1.807) is 12.1 Å². The predicted molar refractivity (Wildman–Crippen MR) is 73.0 cm³/mol. The van der Waals surface area contributed by atoms with E-state index < -0.39 is 0 Å². The van der Waals surface area contributed by atoms with Crippen LogP contribution < -0.4 is 10.6 Å². The van der Waals surface area contributed by atoms with Gasteiger partial charge < -0.3 is 10.6 Å². The molecule has 98 valence electrons. The van der Waals surface area contributed by atoms with E-state index in [1.807, 2.05) is 0 Å². The maximum absolute atomic E-state index is 13.0. The number of amides is 1. The Balaban J connectivity index is 1.79. The highest BCUT2D eigenvalue weighted by atomic mass is 79.9. The Morgan fingerprint density at radius 1 is 1.39 bits per heavy atom. The number of halogens is 2. The number of hydrogen-bond donors (Lipinski definition) is 2. The maximum atomic E-state index is 13.0. The number of hydrogen-bond acceptors (Lipinski definition) is 2. The Morgan fingerprint density at radius 3 is 2.78 bits per heavy atom. The first-order chi connectivity index (χ1) is 8.65. The van der Waals surface area contributed by atoms with Gasteiger partial charge in [-0.1, -0.05) is 12.8 Å². The van der Waals surface area contributed by atoms with Gasteiger partial charge in [-0.3, -0.25) is 4.79 Å². The van der Waals surface area contributed by atoms with Crippen LogP contribution in [0.3, 0.4) is 0 Å². The van der Waals surface area contributed by atoms with E-state index in [-0.39, 0.29) is 18.3 Å². The van der Waals surface area contributed by atoms with E-state index in [1.165, 1.54) is 18.9 Å². The van der Waals surface area contributed by atoms with Crippen LogP contribution in [0.2, 0.25) is 0 Å². The van der Waals surface area contributed by atoms with Crippen molar-refractivity contribution in [1.82, 2.24) is 5.32 Å². The Hall–Kier alpha value is -1.10. The second kappa shape index (κ2) is 6.18. The van der Waals surface area contributed by atoms with E-state index >= 15 is 0 Å². The molecule has 0 spiro atoms. The van der Waals surface area contributed by atoms with Gasteiger partial charge in [-0.25, -0.2) is 4.39 Å². The maximum Gasteiger partial charge on any atom is 0.239 e. The van der Waals surface area contributed by atoms with Crippen molar-refractivity contribution < 1.29 is 9.18 Å². The lowest BCUT2D eigenvalue weighted by atomic mass is 10.2. The molecule has 0 heterocycles. The summed E-state index contributed by atoms with van der Waals surface area (Å²) in [5.41, 5.74) is 0.727. The van der Waals surface area contributed by atoms with Crippen molar-refractivity contribution in [3.8, 4) is 0 Å². The average molecular weight is 315 g/mol. The second-order valence-electron chi connectivity index (χ2n) is 4.53. The molecule has 1 saturated carbocycles. The summed E-state index contributed by atoms with van der Waals surface area (Å²) in [6, 6.07) is 4.93. The molecule has 2 rings (SSSR count). The van der Waals surface area contributed by atoms with Crippen molar-refractivity contribution in [2.45, 2.75) is 31.7 Å². The van der Waals surface area contributed by atoms with Crippen molar-refractivity contribution >= 4 is 27.5 Å². The molecule has 0 unspecified atom stereocenters. The van der Waals surface area contributed by atoms with E-state index in [0.29, 0.717) is 10.5 Å². The first kappa shape index (κ1) is 13.3. The molecule has 1 amide bonds. The Morgan fingerprint density at radius 2 is 2.11 bits per heavy atom. The van der Waals surface area contributed by atoms with Crippen LogP contribution in [0.5, 0.6) is 0 Å². The minimum atomic E-state index is -0.309. The van der Waals surface area contributed by atoms with Crippen molar-refractivity contribution in [1.29, 1.82) is 0 Å². The quantitative estimate of drug-likeness (QED) is 0.896. The van der Waals surface area contributed by atoms with Gasteiger partial charge in [-0.05, 0) is 47.0 Å². The smallest absolute Gasteiger partial charge is 0.239 e. The van der Waals surface area contributed by atoms with Crippen LogP contribution in [0, 0.1) is 5.82 Å². The topological polar surface area (TPSA) is 41.1 Å². The lowest BCUT2D eigenvalue weighted by molar-refractivity contribution is -0.120. The van der Waals surface area contributed by atoms with E-state index in [2.05, 4.69) is 26.6 Å². The van der Waals surface area contributed by atoms with E-state index in [9.17, 15) is 9.18 Å². The van der Waals surface area contributed by atoms with Crippen LogP contribution in [0.1, 0.15) is 25.7 Å². The normalized spacial score (nSPS) is 15.7. The molecule has 1 fully saturated rings. The largest absolute Gasteiger partial charge is 0.376 e. The van der Waals surface area contributed by atoms with Crippen molar-refractivity contribution in [2.24, 2.45) is 0 Å². The van der Waals surface area contributed by atoms with Crippen LogP contribution in [-0.4, -0.2) is 18.5 Å². The van der Waals surface area contributed by atoms with Crippen molar-refractivity contribution in [2.75, 3.05) is 11.9 Å². The summed E-state index contributed by atoms with van der Waals surface area (Å²) < 4.78 is 13.4. The van der Waals surface area contributed by atoms with Crippen LogP contribution in [0.4, 0.5) is 10.1 Å². The number of benzene rings is 1. The van der Waals surface area contributed by atoms with Gasteiger partial charge in [0.1, 0.15) is 5.82 Å². The molecule has 2 N–H and O–H groups in total. The Kier molecular flexibility index (Phi) is 4.58. The molecule has 1 aliphatic carbocycles. The molecule has 18 heavy (non-hydrogen) atoms. The molecule has 0 aliphatic heterocycles. The van der Waals surface area contributed by atoms with Gasteiger partial charge in [0, 0.05) is 11.7 Å². The summed E-state index contributed by atoms with van der Waals surface area (Å²) in [5, 5.41) is 5.97. The molecule has 3 nitrogen and oxygen atoms in total. The molecule has 1 aromatic rings. The van der Waals surface area contributed by atoms with Crippen molar-refractivity contribution in [3.05, 3.63) is 28.5 Å². The summed E-state index contributed by atoms with van der Waals surface area (Å²) in [6.45, 7) is 0.217. The van der Waals surface area contributed by atoms with Crippen LogP contribution in [0.15, 0.2) is 22.7 Å². The third-order valence-electron chi connectivity index (χ3n) is 3.09. The molecule has 1 aliphatic rings. The number of nitrogens with one attached hydrogen (secondary N) is 2. The lowest BCUT2D eigenvalue weighted by Gasteiger charge is -2.13. The SMILES string of the molecule is O=C(CNc1ccc(F)c(Br)c1)NC1CCCC1. The van der Waals surface area contributed by atoms with Crippen LogP contribution in [0.25, 0.3) is 0 Å². The van der Waals surface area contributed by atoms with Gasteiger partial charge in [0.25, 0.3) is 0 Å². The summed E-state index contributed by atoms with van der Waals surface area (Å²) in [6.07, 6.45) is 4.55. The number of rotatable bonds is 4. The van der Waals surface area contributed by atoms with Gasteiger partial charge in [0.05, 0.1) is 11.0 Å². The molecule has 0 bridgehead atoms. The number of carbonyl (C=O) groups is 1. The molecule has 1 aromatic carbocycles. The molecular formula is C13H16BrFN2O. The van der Waals surface area contributed by atoms with Gasteiger partial charge in [0.15, 0.2) is 0 Å². The van der Waals surface area contributed by atoms with E-state index in [0.717, 1.165) is 18.5 Å². The van der Waals surface area contributed by atoms with Crippen LogP contribution >= 0.6 is 15.9 Å². The minimum Gasteiger partial charge on any atom is -0.376 e. The molecule has 0 saturated heterocycles. The fraction of sp³-hybridized carbons (Fsp3) is 0.462. The van der Waals surface area contributed by atoms with Gasteiger partial charge >= 0.3 is 0 Å². The zero-order valence-electron chi connectivity index (χ0n) is 10.0. The highest BCUT2D eigenvalue weighted by Crippen LogP contribution is 2.20. The minimum absolute atomic E-state index is 0.0117. The molecule has 0 radical (unpaired) electrons. The molecule has 5 heteroatoms. The second-order valence-corrected chi connectivity index (χ2v) is 5.39. The van der Waals surface area contributed by atoms with Gasteiger partial charge in [0.2, 0.25) is 5.91 Å².